The topological polar surface area (TPSA) is 60.8 Å². The Balaban J connectivity index is 1.69. The van der Waals surface area contributed by atoms with Crippen LogP contribution in [0.3, 0.4) is 0 Å². The number of hydrogen-bond donors (Lipinski definition) is 1. The molecule has 2 aromatic carbocycles. The molecule has 3 rings (SSSR count). The Morgan fingerprint density at radius 1 is 0.875 bits per heavy atom. The van der Waals surface area contributed by atoms with Gasteiger partial charge < -0.3 is 19.3 Å². The van der Waals surface area contributed by atoms with Crippen LogP contribution in [0.4, 0.5) is 17.6 Å². The number of hydrogen-bond acceptors (Lipinski definition) is 6. The molecule has 0 radical (unpaired) electrons. The summed E-state index contributed by atoms with van der Waals surface area (Å²) >= 11 is 1.64. The van der Waals surface area contributed by atoms with Crippen molar-refractivity contribution < 1.29 is 36.9 Å². The smallest absolute Gasteiger partial charge is 0.387 e. The lowest BCUT2D eigenvalue weighted by atomic mass is 10.0. The molecular weight excluding hydrogens is 450 g/mol. The number of nitrogens with zero attached hydrogens (tertiary/aromatic N) is 1. The van der Waals surface area contributed by atoms with E-state index in [0.717, 1.165) is 22.6 Å². The highest BCUT2D eigenvalue weighted by Crippen LogP contribution is 2.34. The van der Waals surface area contributed by atoms with E-state index in [0.29, 0.717) is 18.1 Å². The largest absolute Gasteiger partial charge is 0.473 e. The average Bonchev–Trinajstić information content (AvgIpc) is 2.78. The standard InChI is InChI=1S/C22H19F4NO4S/c1-32-16-6-2-13(3-7-16)12-29-19-9-5-15(11-27-19)20(28)14-4-8-17(30-21(23)24)18(10-14)31-22(25)26/h2-11,20-22,28H,12H2,1H3. The Kier molecular flexibility index (Phi) is 8.18. The van der Waals surface area contributed by atoms with E-state index >= 15 is 0 Å². The molecule has 1 atom stereocenters. The molecule has 32 heavy (non-hydrogen) atoms. The maximum absolute atomic E-state index is 12.6. The van der Waals surface area contributed by atoms with Crippen molar-refractivity contribution in [3.8, 4) is 17.4 Å². The number of thioether (sulfide) groups is 1. The first-order valence-corrected chi connectivity index (χ1v) is 10.5. The minimum atomic E-state index is -3.25. The quantitative estimate of drug-likeness (QED) is 0.305. The normalized spacial score (nSPS) is 12.1. The molecule has 1 unspecified atom stereocenters. The number of halogens is 4. The molecule has 0 saturated heterocycles. The van der Waals surface area contributed by atoms with E-state index in [2.05, 4.69) is 14.5 Å². The number of alkyl halides is 4. The van der Waals surface area contributed by atoms with Gasteiger partial charge in [0.05, 0.1) is 0 Å². The molecule has 0 aliphatic carbocycles. The van der Waals surface area contributed by atoms with Gasteiger partial charge in [-0.15, -0.1) is 11.8 Å². The fourth-order valence-electron chi connectivity index (χ4n) is 2.79. The van der Waals surface area contributed by atoms with Crippen molar-refractivity contribution in [1.29, 1.82) is 0 Å². The number of aromatic nitrogens is 1. The summed E-state index contributed by atoms with van der Waals surface area (Å²) in [6.45, 7) is -6.16. The summed E-state index contributed by atoms with van der Waals surface area (Å²) in [7, 11) is 0. The van der Waals surface area contributed by atoms with E-state index in [1.807, 2.05) is 30.5 Å². The van der Waals surface area contributed by atoms with Crippen LogP contribution in [0.1, 0.15) is 22.8 Å². The van der Waals surface area contributed by atoms with E-state index in [1.165, 1.54) is 12.3 Å². The monoisotopic (exact) mass is 469 g/mol. The molecule has 0 spiro atoms. The maximum Gasteiger partial charge on any atom is 0.387 e. The second-order valence-corrected chi connectivity index (χ2v) is 7.31. The summed E-state index contributed by atoms with van der Waals surface area (Å²) in [6.07, 6.45) is 2.09. The Bertz CT molecular complexity index is 1000. The van der Waals surface area contributed by atoms with Gasteiger partial charge in [-0.2, -0.15) is 17.6 Å². The molecule has 0 saturated carbocycles. The van der Waals surface area contributed by atoms with Crippen LogP contribution in [-0.4, -0.2) is 29.6 Å². The molecule has 0 fully saturated rings. The molecule has 1 aromatic heterocycles. The molecule has 1 heterocycles. The molecule has 0 bridgehead atoms. The van der Waals surface area contributed by atoms with Gasteiger partial charge >= 0.3 is 13.2 Å². The molecule has 0 amide bonds. The zero-order chi connectivity index (χ0) is 23.1. The molecule has 3 aromatic rings. The summed E-state index contributed by atoms with van der Waals surface area (Å²) in [5.74, 6) is -0.849. The highest BCUT2D eigenvalue weighted by Gasteiger charge is 2.19. The van der Waals surface area contributed by atoms with E-state index in [1.54, 1.807) is 23.9 Å². The summed E-state index contributed by atoms with van der Waals surface area (Å²) < 4.78 is 64.2. The van der Waals surface area contributed by atoms with Crippen LogP contribution in [0, 0.1) is 0 Å². The zero-order valence-electron chi connectivity index (χ0n) is 16.8. The minimum Gasteiger partial charge on any atom is -0.473 e. The minimum absolute atomic E-state index is 0.131. The van der Waals surface area contributed by atoms with Crippen LogP contribution in [0.2, 0.25) is 0 Å². The first-order chi connectivity index (χ1) is 15.4. The highest BCUT2D eigenvalue weighted by molar-refractivity contribution is 7.98. The third kappa shape index (κ3) is 6.51. The van der Waals surface area contributed by atoms with E-state index in [-0.39, 0.29) is 5.56 Å². The Hall–Kier alpha value is -2.98. The van der Waals surface area contributed by atoms with Gasteiger partial charge in [-0.25, -0.2) is 4.98 Å². The summed E-state index contributed by atoms with van der Waals surface area (Å²) in [5.41, 5.74) is 1.44. The number of pyridine rings is 1. The van der Waals surface area contributed by atoms with Gasteiger partial charge in [-0.1, -0.05) is 18.2 Å². The van der Waals surface area contributed by atoms with Crippen LogP contribution in [0.15, 0.2) is 65.7 Å². The number of rotatable bonds is 10. The van der Waals surface area contributed by atoms with Crippen molar-refractivity contribution in [2.24, 2.45) is 0 Å². The van der Waals surface area contributed by atoms with Crippen molar-refractivity contribution in [2.45, 2.75) is 30.8 Å². The van der Waals surface area contributed by atoms with Gasteiger partial charge in [0.25, 0.3) is 0 Å². The van der Waals surface area contributed by atoms with Gasteiger partial charge in [-0.3, -0.25) is 0 Å². The molecule has 1 N–H and O–H groups in total. The highest BCUT2D eigenvalue weighted by atomic mass is 32.2. The predicted octanol–water partition coefficient (Wildman–Crippen LogP) is 5.67. The van der Waals surface area contributed by atoms with Crippen LogP contribution in [-0.2, 0) is 6.61 Å². The van der Waals surface area contributed by atoms with Crippen molar-refractivity contribution in [3.63, 3.8) is 0 Å². The number of benzene rings is 2. The van der Waals surface area contributed by atoms with Crippen molar-refractivity contribution in [3.05, 3.63) is 77.5 Å². The average molecular weight is 469 g/mol. The van der Waals surface area contributed by atoms with E-state index in [9.17, 15) is 22.7 Å². The van der Waals surface area contributed by atoms with Gasteiger partial charge in [0, 0.05) is 22.7 Å². The molecule has 0 aliphatic rings. The second-order valence-electron chi connectivity index (χ2n) is 6.43. The number of aliphatic hydroxyl groups is 1. The molecule has 10 heteroatoms. The van der Waals surface area contributed by atoms with Crippen LogP contribution in [0.25, 0.3) is 0 Å². The Labute approximate surface area is 186 Å². The molecule has 5 nitrogen and oxygen atoms in total. The lowest BCUT2D eigenvalue weighted by Gasteiger charge is -2.16. The lowest BCUT2D eigenvalue weighted by Crippen LogP contribution is -2.09. The van der Waals surface area contributed by atoms with Gasteiger partial charge in [0.1, 0.15) is 12.7 Å². The predicted molar refractivity (Wildman–Crippen MR) is 111 cm³/mol. The van der Waals surface area contributed by atoms with E-state index in [4.69, 9.17) is 4.74 Å². The van der Waals surface area contributed by atoms with Crippen LogP contribution < -0.4 is 14.2 Å². The third-order valence-corrected chi connectivity index (χ3v) is 5.08. The number of ether oxygens (including phenoxy) is 3. The first kappa shape index (κ1) is 23.7. The van der Waals surface area contributed by atoms with Crippen molar-refractivity contribution in [1.82, 2.24) is 4.98 Å². The van der Waals surface area contributed by atoms with Crippen molar-refractivity contribution >= 4 is 11.8 Å². The first-order valence-electron chi connectivity index (χ1n) is 9.29. The fraction of sp³-hybridized carbons (Fsp3) is 0.227. The Morgan fingerprint density at radius 3 is 2.12 bits per heavy atom. The van der Waals surface area contributed by atoms with Crippen LogP contribution in [0.5, 0.6) is 17.4 Å². The summed E-state index contributed by atoms with van der Waals surface area (Å²) in [4.78, 5) is 5.28. The summed E-state index contributed by atoms with van der Waals surface area (Å²) in [6, 6.07) is 14.3. The lowest BCUT2D eigenvalue weighted by molar-refractivity contribution is -0.0693. The Morgan fingerprint density at radius 2 is 1.53 bits per heavy atom. The summed E-state index contributed by atoms with van der Waals surface area (Å²) in [5, 5.41) is 10.6. The van der Waals surface area contributed by atoms with Gasteiger partial charge in [-0.05, 0) is 47.7 Å². The third-order valence-electron chi connectivity index (χ3n) is 4.34. The molecular formula is C22H19F4NO4S. The second kappa shape index (κ2) is 11.1. The van der Waals surface area contributed by atoms with Gasteiger partial charge in [0.15, 0.2) is 11.5 Å². The maximum atomic E-state index is 12.6. The van der Waals surface area contributed by atoms with Gasteiger partial charge in [0.2, 0.25) is 5.88 Å². The fourth-order valence-corrected chi connectivity index (χ4v) is 3.19. The van der Waals surface area contributed by atoms with E-state index < -0.39 is 30.8 Å². The SMILES string of the molecule is CSc1ccc(COc2ccc(C(O)c3ccc(OC(F)F)c(OC(F)F)c3)cn2)cc1. The molecule has 0 aliphatic heterocycles. The van der Waals surface area contributed by atoms with Crippen LogP contribution >= 0.6 is 11.8 Å². The molecule has 170 valence electrons. The van der Waals surface area contributed by atoms with Crippen molar-refractivity contribution in [2.75, 3.05) is 6.26 Å². The zero-order valence-corrected chi connectivity index (χ0v) is 17.6. The number of aliphatic hydroxyl groups excluding tert-OH is 1.